The zero-order chi connectivity index (χ0) is 19.3. The number of anilines is 3. The Kier molecular flexibility index (Phi) is 4.23. The van der Waals surface area contributed by atoms with E-state index in [2.05, 4.69) is 4.72 Å². The molecule has 1 heterocycles. The maximum atomic E-state index is 13.1. The van der Waals surface area contributed by atoms with E-state index >= 15 is 0 Å². The number of rotatable bonds is 3. The number of ether oxygens (including phenoxy) is 1. The first-order valence-electron chi connectivity index (χ1n) is 8.20. The van der Waals surface area contributed by atoms with Crippen LogP contribution >= 0.6 is 0 Å². The van der Waals surface area contributed by atoms with Crippen LogP contribution in [-0.2, 0) is 14.8 Å². The summed E-state index contributed by atoms with van der Waals surface area (Å²) in [4.78, 5) is 14.7. The van der Waals surface area contributed by atoms with Gasteiger partial charge in [0.05, 0.1) is 23.3 Å². The van der Waals surface area contributed by atoms with E-state index in [1.165, 1.54) is 0 Å². The van der Waals surface area contributed by atoms with Gasteiger partial charge in [0.2, 0.25) is 10.0 Å². The van der Waals surface area contributed by atoms with Crippen LogP contribution in [0.1, 0.15) is 25.0 Å². The Bertz CT molecular complexity index is 997. The summed E-state index contributed by atoms with van der Waals surface area (Å²) in [6, 6.07) is 10.8. The van der Waals surface area contributed by atoms with E-state index < -0.39 is 15.6 Å². The summed E-state index contributed by atoms with van der Waals surface area (Å²) in [7, 11) is -3.41. The third-order valence-corrected chi connectivity index (χ3v) is 4.79. The molecule has 7 heteroatoms. The minimum absolute atomic E-state index is 0.180. The predicted molar refractivity (Wildman–Crippen MR) is 103 cm³/mol. The highest BCUT2D eigenvalue weighted by Crippen LogP contribution is 2.44. The lowest BCUT2D eigenvalue weighted by atomic mass is 10.0. The predicted octanol–water partition coefficient (Wildman–Crippen LogP) is 3.51. The van der Waals surface area contributed by atoms with E-state index in [0.717, 1.165) is 23.1 Å². The molecule has 2 aromatic carbocycles. The summed E-state index contributed by atoms with van der Waals surface area (Å²) >= 11 is 0. The van der Waals surface area contributed by atoms with Crippen LogP contribution in [0.15, 0.2) is 36.4 Å². The van der Waals surface area contributed by atoms with Crippen LogP contribution in [-0.4, -0.2) is 26.2 Å². The van der Waals surface area contributed by atoms with Crippen molar-refractivity contribution in [2.24, 2.45) is 0 Å². The summed E-state index contributed by atoms with van der Waals surface area (Å²) < 4.78 is 31.3. The number of nitrogens with one attached hydrogen (secondary N) is 1. The average molecular weight is 374 g/mol. The average Bonchev–Trinajstić information content (AvgIpc) is 2.48. The van der Waals surface area contributed by atoms with Crippen LogP contribution in [0.4, 0.5) is 17.1 Å². The normalized spacial score (nSPS) is 16.0. The second kappa shape index (κ2) is 6.02. The van der Waals surface area contributed by atoms with Gasteiger partial charge in [-0.2, -0.15) is 0 Å². The lowest BCUT2D eigenvalue weighted by Crippen LogP contribution is -2.50. The molecule has 1 N–H and O–H groups in total. The van der Waals surface area contributed by atoms with Gasteiger partial charge >= 0.3 is 0 Å². The zero-order valence-electron chi connectivity index (χ0n) is 15.5. The number of hydrogen-bond acceptors (Lipinski definition) is 4. The van der Waals surface area contributed by atoms with Crippen LogP contribution in [0.5, 0.6) is 5.75 Å². The number of carbonyl (C=O) groups is 1. The van der Waals surface area contributed by atoms with Gasteiger partial charge in [-0.25, -0.2) is 8.42 Å². The Morgan fingerprint density at radius 2 is 1.69 bits per heavy atom. The van der Waals surface area contributed by atoms with Gasteiger partial charge in [-0.1, -0.05) is 17.7 Å². The molecule has 0 saturated carbocycles. The first-order chi connectivity index (χ1) is 12.0. The molecule has 0 spiro atoms. The summed E-state index contributed by atoms with van der Waals surface area (Å²) in [5, 5.41) is 0. The Morgan fingerprint density at radius 1 is 1.04 bits per heavy atom. The lowest BCUT2D eigenvalue weighted by Gasteiger charge is -2.39. The highest BCUT2D eigenvalue weighted by atomic mass is 32.2. The lowest BCUT2D eigenvalue weighted by molar-refractivity contribution is -0.131. The molecule has 1 amide bonds. The fraction of sp³-hybridized carbons (Fsp3) is 0.316. The maximum Gasteiger partial charge on any atom is 0.275 e. The molecule has 26 heavy (non-hydrogen) atoms. The molecule has 0 bridgehead atoms. The van der Waals surface area contributed by atoms with Crippen molar-refractivity contribution in [1.29, 1.82) is 0 Å². The number of benzene rings is 2. The quantitative estimate of drug-likeness (QED) is 0.892. The molecule has 0 radical (unpaired) electrons. The number of sulfonamides is 1. The van der Waals surface area contributed by atoms with Crippen LogP contribution in [0.25, 0.3) is 0 Å². The van der Waals surface area contributed by atoms with E-state index in [1.54, 1.807) is 36.9 Å². The number of carbonyl (C=O) groups excluding carboxylic acids is 1. The molecule has 1 aliphatic heterocycles. The maximum absolute atomic E-state index is 13.1. The molecule has 138 valence electrons. The van der Waals surface area contributed by atoms with Gasteiger partial charge in [-0.3, -0.25) is 14.4 Å². The first-order valence-corrected chi connectivity index (χ1v) is 10.1. The van der Waals surface area contributed by atoms with Crippen LogP contribution < -0.4 is 14.4 Å². The Balaban J connectivity index is 2.16. The molecular weight excluding hydrogens is 352 g/mol. The van der Waals surface area contributed by atoms with Crippen molar-refractivity contribution in [3.05, 3.63) is 47.5 Å². The largest absolute Gasteiger partial charge is 0.476 e. The van der Waals surface area contributed by atoms with Gasteiger partial charge in [-0.15, -0.1) is 0 Å². The highest BCUT2D eigenvalue weighted by Gasteiger charge is 2.42. The van der Waals surface area contributed by atoms with Gasteiger partial charge < -0.3 is 4.74 Å². The summed E-state index contributed by atoms with van der Waals surface area (Å²) in [5.74, 6) is 0.268. The fourth-order valence-electron chi connectivity index (χ4n) is 3.05. The molecule has 0 fully saturated rings. The number of fused-ring (bicyclic) bond motifs is 1. The van der Waals surface area contributed by atoms with Crippen molar-refractivity contribution in [1.82, 2.24) is 0 Å². The molecule has 0 aromatic heterocycles. The fourth-order valence-corrected chi connectivity index (χ4v) is 3.61. The van der Waals surface area contributed by atoms with Crippen molar-refractivity contribution in [2.45, 2.75) is 33.3 Å². The standard InChI is InChI=1S/C19H22N2O4S/c1-12-6-8-15(13(2)10-12)21-16-9-7-14(20-26(5,23)24)11-17(16)25-19(3,4)18(21)22/h6-11,20H,1-5H3. The van der Waals surface area contributed by atoms with E-state index in [9.17, 15) is 13.2 Å². The Labute approximate surface area is 153 Å². The van der Waals surface area contributed by atoms with Gasteiger partial charge in [0.25, 0.3) is 5.91 Å². The minimum Gasteiger partial charge on any atom is -0.476 e. The second-order valence-electron chi connectivity index (χ2n) is 7.10. The van der Waals surface area contributed by atoms with Crippen molar-refractivity contribution in [2.75, 3.05) is 15.9 Å². The van der Waals surface area contributed by atoms with E-state index in [4.69, 9.17) is 4.74 Å². The van der Waals surface area contributed by atoms with Crippen molar-refractivity contribution in [3.63, 3.8) is 0 Å². The molecule has 2 aromatic rings. The van der Waals surface area contributed by atoms with E-state index in [1.807, 2.05) is 32.0 Å². The third kappa shape index (κ3) is 3.39. The molecule has 0 unspecified atom stereocenters. The molecule has 0 aliphatic carbocycles. The van der Waals surface area contributed by atoms with Crippen LogP contribution in [0, 0.1) is 13.8 Å². The molecule has 0 saturated heterocycles. The summed E-state index contributed by atoms with van der Waals surface area (Å²) in [5.41, 5.74) is 2.76. The van der Waals surface area contributed by atoms with Gasteiger partial charge in [0.15, 0.2) is 5.60 Å². The molecule has 3 rings (SSSR count). The molecule has 0 atom stereocenters. The van der Waals surface area contributed by atoms with Crippen molar-refractivity contribution < 1.29 is 17.9 Å². The van der Waals surface area contributed by atoms with E-state index in [0.29, 0.717) is 17.1 Å². The number of aryl methyl sites for hydroxylation is 2. The zero-order valence-corrected chi connectivity index (χ0v) is 16.3. The van der Waals surface area contributed by atoms with Gasteiger partial charge in [0, 0.05) is 6.07 Å². The summed E-state index contributed by atoms with van der Waals surface area (Å²) in [6.45, 7) is 7.35. The number of hydrogen-bond donors (Lipinski definition) is 1. The SMILES string of the molecule is Cc1ccc(N2C(=O)C(C)(C)Oc3cc(NS(C)(=O)=O)ccc32)c(C)c1. The third-order valence-electron chi connectivity index (χ3n) is 4.18. The van der Waals surface area contributed by atoms with Crippen molar-refractivity contribution >= 4 is 33.0 Å². The van der Waals surface area contributed by atoms with Gasteiger partial charge in [-0.05, 0) is 51.5 Å². The van der Waals surface area contributed by atoms with Crippen LogP contribution in [0.3, 0.4) is 0 Å². The minimum atomic E-state index is -3.41. The molecular formula is C19H22N2O4S. The highest BCUT2D eigenvalue weighted by molar-refractivity contribution is 7.92. The molecule has 1 aliphatic rings. The Morgan fingerprint density at radius 3 is 2.31 bits per heavy atom. The topological polar surface area (TPSA) is 75.7 Å². The summed E-state index contributed by atoms with van der Waals surface area (Å²) in [6.07, 6.45) is 1.09. The first kappa shape index (κ1) is 18.3. The number of amides is 1. The molecule has 6 nitrogen and oxygen atoms in total. The van der Waals surface area contributed by atoms with Gasteiger partial charge in [0.1, 0.15) is 5.75 Å². The Hall–Kier alpha value is -2.54. The van der Waals surface area contributed by atoms with E-state index in [-0.39, 0.29) is 5.91 Å². The second-order valence-corrected chi connectivity index (χ2v) is 8.85. The van der Waals surface area contributed by atoms with Crippen LogP contribution in [0.2, 0.25) is 0 Å². The monoisotopic (exact) mass is 374 g/mol. The smallest absolute Gasteiger partial charge is 0.275 e. The number of nitrogens with zero attached hydrogens (tertiary/aromatic N) is 1. The van der Waals surface area contributed by atoms with Crippen molar-refractivity contribution in [3.8, 4) is 5.75 Å².